The fourth-order valence-corrected chi connectivity index (χ4v) is 2.15. The van der Waals surface area contributed by atoms with Gasteiger partial charge in [-0.1, -0.05) is 30.3 Å². The number of aromatic amines is 1. The highest BCUT2D eigenvalue weighted by Gasteiger charge is 2.39. The van der Waals surface area contributed by atoms with Gasteiger partial charge in [0.15, 0.2) is 0 Å². The van der Waals surface area contributed by atoms with Gasteiger partial charge in [0.1, 0.15) is 11.9 Å². The summed E-state index contributed by atoms with van der Waals surface area (Å²) in [6.45, 7) is 2.56. The van der Waals surface area contributed by atoms with Crippen LogP contribution in [0, 0.1) is 0 Å². The Bertz CT molecular complexity index is 750. The Hall–Kier alpha value is -2.51. The molecule has 2 aromatic rings. The highest BCUT2D eigenvalue weighted by Crippen LogP contribution is 2.27. The van der Waals surface area contributed by atoms with Gasteiger partial charge in [-0.3, -0.25) is 9.78 Å². The number of halogens is 3. The normalized spacial score (nSPS) is 14.3. The van der Waals surface area contributed by atoms with Crippen molar-refractivity contribution in [3.05, 3.63) is 62.8 Å². The van der Waals surface area contributed by atoms with Gasteiger partial charge >= 0.3 is 11.9 Å². The van der Waals surface area contributed by atoms with E-state index in [-0.39, 0.29) is 16.4 Å². The summed E-state index contributed by atoms with van der Waals surface area (Å²) < 4.78 is 38.2. The van der Waals surface area contributed by atoms with E-state index < -0.39 is 23.5 Å². The standard InChI is InChI=1S/C15H16F3N3O2/c1-9(11-6-4-3-5-7-11)19-12-8-13(22)21(14(23)20-12)10(2)15(16,17)18/h3-10,19H,1-2H3,(H,20,23)/t9-,10?/m0/s1. The molecule has 0 aliphatic heterocycles. The van der Waals surface area contributed by atoms with Crippen LogP contribution in [0.5, 0.6) is 0 Å². The molecule has 2 atom stereocenters. The minimum absolute atomic E-state index is 0.0713. The molecule has 0 amide bonds. The zero-order valence-electron chi connectivity index (χ0n) is 12.5. The van der Waals surface area contributed by atoms with Gasteiger partial charge in [0.25, 0.3) is 5.56 Å². The maximum absolute atomic E-state index is 12.7. The first kappa shape index (κ1) is 16.9. The summed E-state index contributed by atoms with van der Waals surface area (Å²) in [4.78, 5) is 26.0. The maximum atomic E-state index is 12.7. The van der Waals surface area contributed by atoms with E-state index in [0.717, 1.165) is 18.6 Å². The predicted molar refractivity (Wildman–Crippen MR) is 80.6 cm³/mol. The highest BCUT2D eigenvalue weighted by molar-refractivity contribution is 5.36. The topological polar surface area (TPSA) is 66.9 Å². The summed E-state index contributed by atoms with van der Waals surface area (Å²) in [5.41, 5.74) is -1.22. The van der Waals surface area contributed by atoms with E-state index in [1.54, 1.807) is 6.92 Å². The van der Waals surface area contributed by atoms with Gasteiger partial charge in [0.05, 0.1) is 0 Å². The summed E-state index contributed by atoms with van der Waals surface area (Å²) in [6.07, 6.45) is -4.68. The number of benzene rings is 1. The van der Waals surface area contributed by atoms with Crippen molar-refractivity contribution >= 4 is 5.82 Å². The quantitative estimate of drug-likeness (QED) is 0.907. The van der Waals surface area contributed by atoms with Gasteiger partial charge in [0.2, 0.25) is 0 Å². The van der Waals surface area contributed by atoms with E-state index in [4.69, 9.17) is 0 Å². The second-order valence-corrected chi connectivity index (χ2v) is 5.19. The second-order valence-electron chi connectivity index (χ2n) is 5.19. The second kappa shape index (κ2) is 6.31. The third-order valence-corrected chi connectivity index (χ3v) is 3.50. The van der Waals surface area contributed by atoms with Gasteiger partial charge in [0, 0.05) is 12.1 Å². The minimum atomic E-state index is -4.68. The lowest BCUT2D eigenvalue weighted by Gasteiger charge is -2.19. The third kappa shape index (κ3) is 3.82. The molecule has 0 aliphatic rings. The van der Waals surface area contributed by atoms with Crippen LogP contribution in [-0.2, 0) is 0 Å². The van der Waals surface area contributed by atoms with Crippen molar-refractivity contribution in [3.63, 3.8) is 0 Å². The molecule has 2 N–H and O–H groups in total. The number of nitrogens with zero attached hydrogens (tertiary/aromatic N) is 1. The number of hydrogen-bond acceptors (Lipinski definition) is 3. The molecule has 0 saturated carbocycles. The fraction of sp³-hybridized carbons (Fsp3) is 0.333. The van der Waals surface area contributed by atoms with Crippen molar-refractivity contribution in [2.24, 2.45) is 0 Å². The number of alkyl halides is 3. The molecule has 1 aromatic heterocycles. The molecule has 0 bridgehead atoms. The molecule has 124 valence electrons. The Kier molecular flexibility index (Phi) is 4.63. The Morgan fingerprint density at radius 1 is 1.13 bits per heavy atom. The van der Waals surface area contributed by atoms with Gasteiger partial charge in [-0.15, -0.1) is 0 Å². The first-order valence-corrected chi connectivity index (χ1v) is 6.94. The Balaban J connectivity index is 2.31. The summed E-state index contributed by atoms with van der Waals surface area (Å²) in [6, 6.07) is 7.73. The minimum Gasteiger partial charge on any atom is -0.365 e. The largest absolute Gasteiger partial charge is 0.409 e. The maximum Gasteiger partial charge on any atom is 0.409 e. The lowest BCUT2D eigenvalue weighted by molar-refractivity contribution is -0.164. The van der Waals surface area contributed by atoms with Crippen molar-refractivity contribution in [1.82, 2.24) is 9.55 Å². The number of H-pyrrole nitrogens is 1. The summed E-state index contributed by atoms with van der Waals surface area (Å²) >= 11 is 0. The predicted octanol–water partition coefficient (Wildman–Crippen LogP) is 2.83. The fourth-order valence-electron chi connectivity index (χ4n) is 2.15. The number of rotatable bonds is 4. The lowest BCUT2D eigenvalue weighted by atomic mass is 10.1. The van der Waals surface area contributed by atoms with Crippen LogP contribution in [0.25, 0.3) is 0 Å². The van der Waals surface area contributed by atoms with Crippen molar-refractivity contribution in [1.29, 1.82) is 0 Å². The van der Waals surface area contributed by atoms with Crippen molar-refractivity contribution in [3.8, 4) is 0 Å². The average Bonchev–Trinajstić information content (AvgIpc) is 2.46. The molecular formula is C15H16F3N3O2. The van der Waals surface area contributed by atoms with Crippen LogP contribution in [-0.4, -0.2) is 15.7 Å². The van der Waals surface area contributed by atoms with Crippen LogP contribution < -0.4 is 16.6 Å². The summed E-state index contributed by atoms with van der Waals surface area (Å²) in [5, 5.41) is 2.89. The molecule has 5 nitrogen and oxygen atoms in total. The van der Waals surface area contributed by atoms with Crippen LogP contribution in [0.1, 0.15) is 31.5 Å². The summed E-state index contributed by atoms with van der Waals surface area (Å²) in [5.74, 6) is 0.0713. The molecule has 8 heteroatoms. The van der Waals surface area contributed by atoms with Crippen molar-refractivity contribution < 1.29 is 13.2 Å². The molecule has 2 rings (SSSR count). The van der Waals surface area contributed by atoms with Crippen molar-refractivity contribution in [2.75, 3.05) is 5.32 Å². The van der Waals surface area contributed by atoms with E-state index in [1.807, 2.05) is 30.3 Å². The van der Waals surface area contributed by atoms with Crippen LogP contribution in [0.4, 0.5) is 19.0 Å². The van der Waals surface area contributed by atoms with E-state index >= 15 is 0 Å². The van der Waals surface area contributed by atoms with Crippen LogP contribution in [0.2, 0.25) is 0 Å². The number of hydrogen-bond donors (Lipinski definition) is 2. The van der Waals surface area contributed by atoms with Crippen LogP contribution in [0.3, 0.4) is 0 Å². The highest BCUT2D eigenvalue weighted by atomic mass is 19.4. The molecular weight excluding hydrogens is 311 g/mol. The molecule has 23 heavy (non-hydrogen) atoms. The molecule has 1 heterocycles. The van der Waals surface area contributed by atoms with Gasteiger partial charge in [-0.2, -0.15) is 13.2 Å². The zero-order chi connectivity index (χ0) is 17.2. The molecule has 1 unspecified atom stereocenters. The van der Waals surface area contributed by atoms with Crippen molar-refractivity contribution in [2.45, 2.75) is 32.1 Å². The summed E-state index contributed by atoms with van der Waals surface area (Å²) in [7, 11) is 0. The Labute approximate surface area is 129 Å². The Morgan fingerprint density at radius 3 is 2.26 bits per heavy atom. The molecule has 1 aromatic carbocycles. The monoisotopic (exact) mass is 327 g/mol. The van der Waals surface area contributed by atoms with Gasteiger partial charge in [-0.05, 0) is 19.4 Å². The van der Waals surface area contributed by atoms with E-state index in [9.17, 15) is 22.8 Å². The average molecular weight is 327 g/mol. The van der Waals surface area contributed by atoms with E-state index in [2.05, 4.69) is 10.3 Å². The third-order valence-electron chi connectivity index (χ3n) is 3.50. The number of aromatic nitrogens is 2. The molecule has 0 fully saturated rings. The number of anilines is 1. The van der Waals surface area contributed by atoms with Crippen LogP contribution >= 0.6 is 0 Å². The first-order valence-electron chi connectivity index (χ1n) is 6.94. The van der Waals surface area contributed by atoms with Gasteiger partial charge in [-0.25, -0.2) is 9.36 Å². The lowest BCUT2D eigenvalue weighted by Crippen LogP contribution is -2.42. The smallest absolute Gasteiger partial charge is 0.365 e. The van der Waals surface area contributed by atoms with E-state index in [0.29, 0.717) is 0 Å². The SMILES string of the molecule is CC(n1c(=O)cc(N[C@@H](C)c2ccccc2)[nH]c1=O)C(F)(F)F. The zero-order valence-corrected chi connectivity index (χ0v) is 12.5. The van der Waals surface area contributed by atoms with E-state index in [1.165, 1.54) is 0 Å². The molecule has 0 spiro atoms. The van der Waals surface area contributed by atoms with Gasteiger partial charge < -0.3 is 5.32 Å². The molecule has 0 saturated heterocycles. The molecule has 0 radical (unpaired) electrons. The Morgan fingerprint density at radius 2 is 1.74 bits per heavy atom. The molecule has 0 aliphatic carbocycles. The van der Waals surface area contributed by atoms with Crippen LogP contribution in [0.15, 0.2) is 46.0 Å². The number of nitrogens with one attached hydrogen (secondary N) is 2. The first-order chi connectivity index (χ1) is 10.7.